The van der Waals surface area contributed by atoms with Gasteiger partial charge in [-0.1, -0.05) is 6.07 Å². The van der Waals surface area contributed by atoms with Crippen LogP contribution in [0.1, 0.15) is 20.3 Å². The van der Waals surface area contributed by atoms with E-state index in [1.807, 2.05) is 13.8 Å². The first-order valence-corrected chi connectivity index (χ1v) is 9.59. The molecule has 0 aliphatic rings. The highest BCUT2D eigenvalue weighted by Gasteiger charge is 2.21. The summed E-state index contributed by atoms with van der Waals surface area (Å²) in [6.45, 7) is 4.58. The molecule has 8 heteroatoms. The zero-order valence-electron chi connectivity index (χ0n) is 14.6. The maximum absolute atomic E-state index is 12.0. The van der Waals surface area contributed by atoms with Crippen LogP contribution in [-0.4, -0.2) is 53.5 Å². The van der Waals surface area contributed by atoms with E-state index in [1.165, 1.54) is 7.11 Å². The van der Waals surface area contributed by atoms with E-state index in [2.05, 4.69) is 5.32 Å². The number of ether oxygens (including phenoxy) is 2. The fourth-order valence-electron chi connectivity index (χ4n) is 1.97. The van der Waals surface area contributed by atoms with Crippen LogP contribution >= 0.6 is 0 Å². The summed E-state index contributed by atoms with van der Waals surface area (Å²) in [7, 11) is -2.10. The highest BCUT2D eigenvalue weighted by molar-refractivity contribution is 7.92. The van der Waals surface area contributed by atoms with E-state index < -0.39 is 10.0 Å². The van der Waals surface area contributed by atoms with E-state index >= 15 is 0 Å². The Kier molecular flexibility index (Phi) is 8.00. The summed E-state index contributed by atoms with van der Waals surface area (Å²) in [4.78, 5) is 12.0. The lowest BCUT2D eigenvalue weighted by Gasteiger charge is -2.22. The van der Waals surface area contributed by atoms with Gasteiger partial charge < -0.3 is 14.8 Å². The average molecular weight is 358 g/mol. The third kappa shape index (κ3) is 7.18. The monoisotopic (exact) mass is 358 g/mol. The molecule has 0 aliphatic carbocycles. The van der Waals surface area contributed by atoms with Crippen LogP contribution in [-0.2, 0) is 19.6 Å². The van der Waals surface area contributed by atoms with Crippen LogP contribution in [0.25, 0.3) is 0 Å². The smallest absolute Gasteiger partial charge is 0.240 e. The fourth-order valence-corrected chi connectivity index (χ4v) is 2.82. The van der Waals surface area contributed by atoms with Crippen molar-refractivity contribution in [2.24, 2.45) is 0 Å². The van der Waals surface area contributed by atoms with Crippen molar-refractivity contribution < 1.29 is 22.7 Å². The first-order valence-electron chi connectivity index (χ1n) is 7.74. The molecule has 0 saturated carbocycles. The molecule has 0 atom stereocenters. The van der Waals surface area contributed by atoms with Crippen molar-refractivity contribution in [2.45, 2.75) is 26.4 Å². The van der Waals surface area contributed by atoms with Crippen LogP contribution in [0.15, 0.2) is 24.3 Å². The molecule has 0 spiro atoms. The Hall–Kier alpha value is -1.80. The van der Waals surface area contributed by atoms with E-state index in [0.29, 0.717) is 31.0 Å². The van der Waals surface area contributed by atoms with Gasteiger partial charge in [-0.3, -0.25) is 9.10 Å². The molecule has 0 bridgehead atoms. The number of rotatable bonds is 10. The number of anilines is 1. The number of carbonyl (C=O) groups is 1. The number of amides is 1. The quantitative estimate of drug-likeness (QED) is 0.639. The second kappa shape index (κ2) is 9.48. The van der Waals surface area contributed by atoms with Crippen LogP contribution in [0.3, 0.4) is 0 Å². The van der Waals surface area contributed by atoms with Crippen molar-refractivity contribution in [1.29, 1.82) is 0 Å². The van der Waals surface area contributed by atoms with Crippen LogP contribution in [0, 0.1) is 0 Å². The minimum atomic E-state index is -3.59. The highest BCUT2D eigenvalue weighted by atomic mass is 32.2. The van der Waals surface area contributed by atoms with Gasteiger partial charge in [0.1, 0.15) is 12.3 Å². The molecule has 136 valence electrons. The van der Waals surface area contributed by atoms with Gasteiger partial charge in [-0.25, -0.2) is 8.42 Å². The minimum Gasteiger partial charge on any atom is -0.497 e. The number of nitrogens with one attached hydrogen (secondary N) is 1. The Morgan fingerprint density at radius 2 is 2.04 bits per heavy atom. The topological polar surface area (TPSA) is 84.9 Å². The number of hydrogen-bond donors (Lipinski definition) is 1. The van der Waals surface area contributed by atoms with E-state index in [1.54, 1.807) is 24.3 Å². The Bertz CT molecular complexity index is 631. The Labute approximate surface area is 144 Å². The summed E-state index contributed by atoms with van der Waals surface area (Å²) in [6.07, 6.45) is 1.88. The van der Waals surface area contributed by atoms with Crippen LogP contribution in [0.2, 0.25) is 0 Å². The molecule has 1 amide bonds. The van der Waals surface area contributed by atoms with E-state index in [0.717, 1.165) is 10.6 Å². The molecule has 1 rings (SSSR count). The molecule has 1 aromatic carbocycles. The van der Waals surface area contributed by atoms with Crippen LogP contribution in [0.4, 0.5) is 5.69 Å². The van der Waals surface area contributed by atoms with E-state index in [4.69, 9.17) is 9.47 Å². The highest BCUT2D eigenvalue weighted by Crippen LogP contribution is 2.22. The zero-order chi connectivity index (χ0) is 18.2. The van der Waals surface area contributed by atoms with Crippen molar-refractivity contribution in [3.63, 3.8) is 0 Å². The molecule has 24 heavy (non-hydrogen) atoms. The normalized spacial score (nSPS) is 11.4. The number of nitrogens with zero attached hydrogens (tertiary/aromatic N) is 1. The van der Waals surface area contributed by atoms with Gasteiger partial charge in [-0.2, -0.15) is 0 Å². The van der Waals surface area contributed by atoms with E-state index in [9.17, 15) is 13.2 Å². The van der Waals surface area contributed by atoms with Crippen molar-refractivity contribution in [3.05, 3.63) is 24.3 Å². The second-order valence-corrected chi connectivity index (χ2v) is 7.50. The van der Waals surface area contributed by atoms with Gasteiger partial charge in [0.05, 0.1) is 25.2 Å². The maximum atomic E-state index is 12.0. The fraction of sp³-hybridized carbons (Fsp3) is 0.562. The largest absolute Gasteiger partial charge is 0.497 e. The molecule has 0 unspecified atom stereocenters. The van der Waals surface area contributed by atoms with Crippen molar-refractivity contribution in [1.82, 2.24) is 5.32 Å². The SMILES string of the molecule is COc1cccc(N(CC(=O)NCCCOC(C)C)S(C)(=O)=O)c1. The number of benzene rings is 1. The van der Waals surface area contributed by atoms with Gasteiger partial charge in [0.15, 0.2) is 0 Å². The van der Waals surface area contributed by atoms with Gasteiger partial charge in [0.2, 0.25) is 15.9 Å². The lowest BCUT2D eigenvalue weighted by molar-refractivity contribution is -0.119. The predicted molar refractivity (Wildman–Crippen MR) is 93.9 cm³/mol. The molecular formula is C16H26N2O5S. The summed E-state index contributed by atoms with van der Waals surface area (Å²) in [5.74, 6) is 0.153. The summed E-state index contributed by atoms with van der Waals surface area (Å²) >= 11 is 0. The summed E-state index contributed by atoms with van der Waals surface area (Å²) in [5, 5.41) is 2.70. The molecular weight excluding hydrogens is 332 g/mol. The minimum absolute atomic E-state index is 0.148. The molecule has 0 radical (unpaired) electrons. The van der Waals surface area contributed by atoms with Crippen molar-refractivity contribution >= 4 is 21.6 Å². The average Bonchev–Trinajstić information content (AvgIpc) is 2.51. The van der Waals surface area contributed by atoms with Gasteiger partial charge in [-0.15, -0.1) is 0 Å². The van der Waals surface area contributed by atoms with Gasteiger partial charge in [0.25, 0.3) is 0 Å². The lowest BCUT2D eigenvalue weighted by Crippen LogP contribution is -2.40. The van der Waals surface area contributed by atoms with Crippen LogP contribution < -0.4 is 14.4 Å². The molecule has 1 aromatic rings. The summed E-state index contributed by atoms with van der Waals surface area (Å²) in [5.41, 5.74) is 0.384. The third-order valence-electron chi connectivity index (χ3n) is 3.12. The third-order valence-corrected chi connectivity index (χ3v) is 4.26. The zero-order valence-corrected chi connectivity index (χ0v) is 15.4. The Morgan fingerprint density at radius 3 is 2.62 bits per heavy atom. The van der Waals surface area contributed by atoms with E-state index in [-0.39, 0.29) is 18.6 Å². The maximum Gasteiger partial charge on any atom is 0.240 e. The molecule has 0 aliphatic heterocycles. The standard InChI is InChI=1S/C16H26N2O5S/c1-13(2)23-10-6-9-17-16(19)12-18(24(4,20)21)14-7-5-8-15(11-14)22-3/h5,7-8,11,13H,6,9-10,12H2,1-4H3,(H,17,19). The van der Waals surface area contributed by atoms with Gasteiger partial charge >= 0.3 is 0 Å². The molecule has 0 saturated heterocycles. The van der Waals surface area contributed by atoms with Crippen molar-refractivity contribution in [2.75, 3.05) is 37.4 Å². The molecule has 0 heterocycles. The Balaban J connectivity index is 2.65. The first-order chi connectivity index (χ1) is 11.2. The molecule has 0 fully saturated rings. The molecule has 1 N–H and O–H groups in total. The van der Waals surface area contributed by atoms with Gasteiger partial charge in [0, 0.05) is 19.2 Å². The first kappa shape index (κ1) is 20.2. The van der Waals surface area contributed by atoms with Crippen LogP contribution in [0.5, 0.6) is 5.75 Å². The number of sulfonamides is 1. The number of methoxy groups -OCH3 is 1. The summed E-state index contributed by atoms with van der Waals surface area (Å²) in [6, 6.07) is 6.57. The van der Waals surface area contributed by atoms with Crippen molar-refractivity contribution in [3.8, 4) is 5.75 Å². The van der Waals surface area contributed by atoms with Gasteiger partial charge in [-0.05, 0) is 32.4 Å². The molecule has 7 nitrogen and oxygen atoms in total. The second-order valence-electron chi connectivity index (χ2n) is 5.59. The Morgan fingerprint density at radius 1 is 1.33 bits per heavy atom. The number of carbonyl (C=O) groups excluding carboxylic acids is 1. The summed E-state index contributed by atoms with van der Waals surface area (Å²) < 4.78 is 35.5. The molecule has 0 aromatic heterocycles. The lowest BCUT2D eigenvalue weighted by atomic mass is 10.3. The predicted octanol–water partition coefficient (Wildman–Crippen LogP) is 1.39. The number of hydrogen-bond acceptors (Lipinski definition) is 5.